The Morgan fingerprint density at radius 2 is 1.09 bits per heavy atom. The molecule has 254 valence electrons. The summed E-state index contributed by atoms with van der Waals surface area (Å²) in [5.41, 5.74) is 0. The predicted molar refractivity (Wildman–Crippen MR) is 164 cm³/mol. The number of unbranched alkanes of at least 4 members (excludes halogenated alkanes) is 16. The number of esters is 2. The first kappa shape index (κ1) is 39.7. The zero-order valence-corrected chi connectivity index (χ0v) is 27.0. The molecule has 0 aromatic rings. The maximum Gasteiger partial charge on any atom is 0.306 e. The molecule has 4 N–H and O–H groups in total. The van der Waals surface area contributed by atoms with Crippen LogP contribution in [0.2, 0.25) is 0 Å². The van der Waals surface area contributed by atoms with Crippen molar-refractivity contribution in [1.29, 1.82) is 0 Å². The van der Waals surface area contributed by atoms with Gasteiger partial charge in [-0.15, -0.1) is 0 Å². The van der Waals surface area contributed by atoms with Gasteiger partial charge >= 0.3 is 11.9 Å². The first-order valence-electron chi connectivity index (χ1n) is 17.1. The van der Waals surface area contributed by atoms with Crippen LogP contribution >= 0.6 is 0 Å². The number of aliphatic hydroxyl groups is 4. The Morgan fingerprint density at radius 3 is 1.58 bits per heavy atom. The van der Waals surface area contributed by atoms with Crippen LogP contribution in [0.15, 0.2) is 0 Å². The van der Waals surface area contributed by atoms with E-state index in [0.29, 0.717) is 6.42 Å². The van der Waals surface area contributed by atoms with Crippen molar-refractivity contribution in [3.05, 3.63) is 0 Å². The Kier molecular flexibility index (Phi) is 24.0. The molecule has 1 aliphatic rings. The lowest BCUT2D eigenvalue weighted by Gasteiger charge is -2.39. The molecule has 0 bridgehead atoms. The van der Waals surface area contributed by atoms with Crippen molar-refractivity contribution < 1.29 is 49.0 Å². The van der Waals surface area contributed by atoms with E-state index in [9.17, 15) is 30.0 Å². The van der Waals surface area contributed by atoms with Crippen LogP contribution in [-0.4, -0.2) is 89.0 Å². The van der Waals surface area contributed by atoms with E-state index in [0.717, 1.165) is 38.5 Å². The summed E-state index contributed by atoms with van der Waals surface area (Å²) in [6.45, 7) is 3.35. The van der Waals surface area contributed by atoms with Crippen LogP contribution in [0.3, 0.4) is 0 Å². The fourth-order valence-electron chi connectivity index (χ4n) is 5.19. The van der Waals surface area contributed by atoms with Crippen molar-refractivity contribution in [1.82, 2.24) is 0 Å². The number of aliphatic hydroxyl groups excluding tert-OH is 4. The number of ether oxygens (including phenoxy) is 4. The first-order chi connectivity index (χ1) is 20.8. The van der Waals surface area contributed by atoms with E-state index in [1.165, 1.54) is 70.6 Å². The van der Waals surface area contributed by atoms with Crippen molar-refractivity contribution in [2.24, 2.45) is 0 Å². The van der Waals surface area contributed by atoms with Crippen LogP contribution in [0.5, 0.6) is 0 Å². The van der Waals surface area contributed by atoms with Crippen LogP contribution in [-0.2, 0) is 28.5 Å². The summed E-state index contributed by atoms with van der Waals surface area (Å²) >= 11 is 0. The Bertz CT molecular complexity index is 689. The minimum absolute atomic E-state index is 0.211. The lowest BCUT2D eigenvalue weighted by molar-refractivity contribution is -0.305. The first-order valence-corrected chi connectivity index (χ1v) is 17.1. The van der Waals surface area contributed by atoms with Crippen molar-refractivity contribution in [3.8, 4) is 0 Å². The van der Waals surface area contributed by atoms with E-state index in [1.54, 1.807) is 0 Å². The molecule has 10 heteroatoms. The van der Waals surface area contributed by atoms with Crippen LogP contribution < -0.4 is 0 Å². The molecule has 1 fully saturated rings. The molecule has 0 spiro atoms. The molecule has 0 aliphatic carbocycles. The van der Waals surface area contributed by atoms with Gasteiger partial charge < -0.3 is 39.4 Å². The van der Waals surface area contributed by atoms with E-state index in [4.69, 9.17) is 18.9 Å². The second-order valence-corrected chi connectivity index (χ2v) is 12.0. The Hall–Kier alpha value is -1.30. The highest BCUT2D eigenvalue weighted by Gasteiger charge is 2.44. The molecule has 0 aromatic carbocycles. The monoisotopic (exact) mass is 618 g/mol. The summed E-state index contributed by atoms with van der Waals surface area (Å²) in [5.74, 6) is -0.809. The van der Waals surface area contributed by atoms with Crippen molar-refractivity contribution in [3.63, 3.8) is 0 Å². The third-order valence-electron chi connectivity index (χ3n) is 7.99. The van der Waals surface area contributed by atoms with Crippen LogP contribution in [0, 0.1) is 0 Å². The van der Waals surface area contributed by atoms with Gasteiger partial charge in [0.1, 0.15) is 31.0 Å². The minimum atomic E-state index is -1.59. The molecule has 1 heterocycles. The predicted octanol–water partition coefficient (Wildman–Crippen LogP) is 5.10. The van der Waals surface area contributed by atoms with E-state index in [2.05, 4.69) is 13.8 Å². The van der Waals surface area contributed by atoms with Crippen molar-refractivity contribution in [2.75, 3.05) is 19.8 Å². The molecule has 1 saturated heterocycles. The second kappa shape index (κ2) is 26.0. The van der Waals surface area contributed by atoms with Gasteiger partial charge in [-0.2, -0.15) is 0 Å². The third-order valence-corrected chi connectivity index (χ3v) is 7.99. The van der Waals surface area contributed by atoms with E-state index < -0.39 is 49.4 Å². The summed E-state index contributed by atoms with van der Waals surface area (Å²) in [4.78, 5) is 24.9. The third kappa shape index (κ3) is 19.0. The highest BCUT2D eigenvalue weighted by Crippen LogP contribution is 2.22. The lowest BCUT2D eigenvalue weighted by Crippen LogP contribution is -2.59. The summed E-state index contributed by atoms with van der Waals surface area (Å²) < 4.78 is 21.9. The normalized spacial score (nSPS) is 22.8. The van der Waals surface area contributed by atoms with E-state index in [1.807, 2.05) is 0 Å². The molecule has 6 atom stereocenters. The topological polar surface area (TPSA) is 152 Å². The van der Waals surface area contributed by atoms with Gasteiger partial charge in [0.25, 0.3) is 0 Å². The molecule has 0 saturated carbocycles. The fraction of sp³-hybridized carbons (Fsp3) is 0.939. The SMILES string of the molecule is CCCCCCCCCCCC(=O)OC[C@@H](CO[C@@H]1O[C@H](CO)[C@H](O)[C@H](O)[C@H]1O)OC(=O)CCCCCCCCCCC. The highest BCUT2D eigenvalue weighted by atomic mass is 16.7. The summed E-state index contributed by atoms with van der Waals surface area (Å²) in [7, 11) is 0. The average Bonchev–Trinajstić information content (AvgIpc) is 3.00. The maximum absolute atomic E-state index is 12.6. The van der Waals surface area contributed by atoms with Gasteiger partial charge in [-0.05, 0) is 12.8 Å². The molecule has 43 heavy (non-hydrogen) atoms. The van der Waals surface area contributed by atoms with Crippen LogP contribution in [0.25, 0.3) is 0 Å². The summed E-state index contributed by atoms with van der Waals surface area (Å²) in [5, 5.41) is 39.7. The van der Waals surface area contributed by atoms with Crippen molar-refractivity contribution >= 4 is 11.9 Å². The zero-order chi connectivity index (χ0) is 31.7. The molecule has 0 amide bonds. The molecular formula is C33H62O10. The van der Waals surface area contributed by atoms with Gasteiger partial charge in [0, 0.05) is 12.8 Å². The highest BCUT2D eigenvalue weighted by molar-refractivity contribution is 5.70. The van der Waals surface area contributed by atoms with Gasteiger partial charge in [0.15, 0.2) is 12.4 Å². The molecule has 0 radical (unpaired) electrons. The van der Waals surface area contributed by atoms with E-state index in [-0.39, 0.29) is 32.0 Å². The number of rotatable bonds is 27. The molecule has 0 unspecified atom stereocenters. The Balaban J connectivity index is 2.46. The molecule has 1 aliphatic heterocycles. The second-order valence-electron chi connectivity index (χ2n) is 12.0. The van der Waals surface area contributed by atoms with Crippen LogP contribution in [0.4, 0.5) is 0 Å². The standard InChI is InChI=1S/C33H62O10/c1-3-5-7-9-11-13-15-17-19-21-28(35)40-24-26(25-41-33-32(39)31(38)30(37)27(23-34)43-33)42-29(36)22-20-18-16-14-12-10-8-6-4-2/h26-27,30-34,37-39H,3-25H2,1-2H3/t26-,27+,30-,31-,32+,33+/m0/s1. The largest absolute Gasteiger partial charge is 0.462 e. The molecule has 10 nitrogen and oxygen atoms in total. The van der Waals surface area contributed by atoms with Gasteiger partial charge in [-0.3, -0.25) is 9.59 Å². The zero-order valence-electron chi connectivity index (χ0n) is 27.0. The average molecular weight is 619 g/mol. The fourth-order valence-corrected chi connectivity index (χ4v) is 5.19. The smallest absolute Gasteiger partial charge is 0.306 e. The Labute approximate surface area is 259 Å². The molecular weight excluding hydrogens is 556 g/mol. The Morgan fingerprint density at radius 1 is 0.628 bits per heavy atom. The number of carbonyl (C=O) groups is 2. The van der Waals surface area contributed by atoms with E-state index >= 15 is 0 Å². The van der Waals surface area contributed by atoms with Gasteiger partial charge in [0.2, 0.25) is 0 Å². The van der Waals surface area contributed by atoms with Gasteiger partial charge in [0.05, 0.1) is 13.2 Å². The summed E-state index contributed by atoms with van der Waals surface area (Å²) in [6.07, 6.45) is 12.8. The maximum atomic E-state index is 12.6. The number of carbonyl (C=O) groups excluding carboxylic acids is 2. The van der Waals surface area contributed by atoms with Gasteiger partial charge in [-0.1, -0.05) is 117 Å². The lowest BCUT2D eigenvalue weighted by atomic mass is 9.99. The number of hydrogen-bond acceptors (Lipinski definition) is 10. The molecule has 0 aromatic heterocycles. The number of hydrogen-bond donors (Lipinski definition) is 4. The van der Waals surface area contributed by atoms with Gasteiger partial charge in [-0.25, -0.2) is 0 Å². The van der Waals surface area contributed by atoms with Crippen molar-refractivity contribution in [2.45, 2.75) is 179 Å². The summed E-state index contributed by atoms with van der Waals surface area (Å²) in [6, 6.07) is 0. The minimum Gasteiger partial charge on any atom is -0.462 e. The quantitative estimate of drug-likeness (QED) is 0.0723. The van der Waals surface area contributed by atoms with Crippen LogP contribution in [0.1, 0.15) is 142 Å². The molecule has 1 rings (SSSR count).